The van der Waals surface area contributed by atoms with E-state index in [0.29, 0.717) is 11.3 Å². The predicted octanol–water partition coefficient (Wildman–Crippen LogP) is 5.07. The van der Waals surface area contributed by atoms with Crippen LogP contribution in [0.2, 0.25) is 0 Å². The van der Waals surface area contributed by atoms with E-state index in [9.17, 15) is 0 Å². The van der Waals surface area contributed by atoms with Crippen LogP contribution in [0.4, 0.5) is 0 Å². The van der Waals surface area contributed by atoms with Crippen LogP contribution in [0.25, 0.3) is 0 Å². The molecular weight excluding hydrogens is 242 g/mol. The molecule has 1 heterocycles. The minimum absolute atomic E-state index is 0.477. The van der Waals surface area contributed by atoms with E-state index < -0.39 is 0 Å². The van der Waals surface area contributed by atoms with Crippen LogP contribution in [-0.4, -0.2) is 18.0 Å². The minimum atomic E-state index is 0.477. The van der Waals surface area contributed by atoms with Gasteiger partial charge in [-0.1, -0.05) is 58.9 Å². The highest BCUT2D eigenvalue weighted by Crippen LogP contribution is 2.34. The van der Waals surface area contributed by atoms with Crippen molar-refractivity contribution in [1.29, 1.82) is 0 Å². The van der Waals surface area contributed by atoms with E-state index in [-0.39, 0.29) is 0 Å². The van der Waals surface area contributed by atoms with E-state index in [1.807, 2.05) is 0 Å². The molecule has 1 aliphatic heterocycles. The quantitative estimate of drug-likeness (QED) is 0.743. The van der Waals surface area contributed by atoms with E-state index in [1.54, 1.807) is 0 Å². The molecule has 0 spiro atoms. The van der Waals surface area contributed by atoms with E-state index in [4.69, 9.17) is 0 Å². The average molecular weight is 273 g/mol. The van der Waals surface area contributed by atoms with Crippen LogP contribution < -0.4 is 0 Å². The molecule has 2 rings (SSSR count). The Balaban J connectivity index is 1.86. The fourth-order valence-corrected chi connectivity index (χ4v) is 3.22. The van der Waals surface area contributed by atoms with Gasteiger partial charge in [-0.25, -0.2) is 0 Å². The lowest BCUT2D eigenvalue weighted by atomic mass is 9.75. The zero-order chi connectivity index (χ0) is 14.8. The molecule has 1 aromatic rings. The van der Waals surface area contributed by atoms with Crippen LogP contribution in [0, 0.1) is 11.3 Å². The Hall–Kier alpha value is -0.820. The molecule has 0 bridgehead atoms. The lowest BCUT2D eigenvalue weighted by molar-refractivity contribution is 0.108. The zero-order valence-electron chi connectivity index (χ0n) is 13.9. The maximum absolute atomic E-state index is 2.62. The molecule has 0 N–H and O–H groups in total. The first-order valence-corrected chi connectivity index (χ1v) is 8.17. The summed E-state index contributed by atoms with van der Waals surface area (Å²) in [4.78, 5) is 2.62. The summed E-state index contributed by atoms with van der Waals surface area (Å²) in [5.74, 6) is 1.52. The highest BCUT2D eigenvalue weighted by atomic mass is 15.1. The number of rotatable bonds is 3. The first kappa shape index (κ1) is 15.6. The van der Waals surface area contributed by atoms with Crippen molar-refractivity contribution in [2.45, 2.75) is 59.9 Å². The van der Waals surface area contributed by atoms with Crippen molar-refractivity contribution in [2.24, 2.45) is 11.3 Å². The molecule has 1 nitrogen and oxygen atoms in total. The maximum atomic E-state index is 2.62. The smallest absolute Gasteiger partial charge is 0.0233 e. The van der Waals surface area contributed by atoms with Gasteiger partial charge in [0.2, 0.25) is 0 Å². The van der Waals surface area contributed by atoms with Crippen molar-refractivity contribution < 1.29 is 0 Å². The van der Waals surface area contributed by atoms with Crippen LogP contribution in [0.1, 0.15) is 64.5 Å². The van der Waals surface area contributed by atoms with Gasteiger partial charge in [-0.3, -0.25) is 4.90 Å². The van der Waals surface area contributed by atoms with Crippen LogP contribution in [0.5, 0.6) is 0 Å². The molecule has 0 aromatic heterocycles. The number of benzene rings is 1. The monoisotopic (exact) mass is 273 g/mol. The average Bonchev–Trinajstić information content (AvgIpc) is 2.39. The number of hydrogen-bond donors (Lipinski definition) is 0. The lowest BCUT2D eigenvalue weighted by Crippen LogP contribution is -2.37. The summed E-state index contributed by atoms with van der Waals surface area (Å²) in [6, 6.07) is 9.21. The summed E-state index contributed by atoms with van der Waals surface area (Å²) in [6.07, 6.45) is 2.71. The summed E-state index contributed by atoms with van der Waals surface area (Å²) in [5.41, 5.74) is 3.38. The second-order valence-electron chi connectivity index (χ2n) is 7.81. The molecule has 0 amide bonds. The molecule has 1 fully saturated rings. The lowest BCUT2D eigenvalue weighted by Gasteiger charge is -2.38. The van der Waals surface area contributed by atoms with E-state index in [2.05, 4.69) is 63.8 Å². The Morgan fingerprint density at radius 1 is 1.05 bits per heavy atom. The molecule has 0 atom stereocenters. The third-order valence-electron chi connectivity index (χ3n) is 4.86. The third kappa shape index (κ3) is 4.09. The second kappa shape index (κ2) is 6.30. The molecule has 1 aromatic carbocycles. The standard InChI is InChI=1S/C19H31N/c1-15(2)17-8-6-16(7-9-17)14-20-12-10-18(11-13-20)19(3,4)5/h6-9,15,18H,10-14H2,1-5H3. The van der Waals surface area contributed by atoms with Gasteiger partial charge in [-0.15, -0.1) is 0 Å². The normalized spacial score (nSPS) is 18.7. The van der Waals surface area contributed by atoms with Crippen LogP contribution in [-0.2, 0) is 6.54 Å². The van der Waals surface area contributed by atoms with Crippen molar-refractivity contribution >= 4 is 0 Å². The highest BCUT2D eigenvalue weighted by Gasteiger charge is 2.28. The molecule has 1 aliphatic rings. The molecule has 0 radical (unpaired) electrons. The van der Waals surface area contributed by atoms with Crippen LogP contribution in [0.3, 0.4) is 0 Å². The first-order chi connectivity index (χ1) is 9.36. The number of nitrogens with zero attached hydrogens (tertiary/aromatic N) is 1. The van der Waals surface area contributed by atoms with Gasteiger partial charge in [0.25, 0.3) is 0 Å². The van der Waals surface area contributed by atoms with Crippen molar-refractivity contribution in [2.75, 3.05) is 13.1 Å². The molecule has 1 heteroatoms. The van der Waals surface area contributed by atoms with Crippen molar-refractivity contribution in [3.8, 4) is 0 Å². The SMILES string of the molecule is CC(C)c1ccc(CN2CCC(C(C)(C)C)CC2)cc1. The maximum Gasteiger partial charge on any atom is 0.0233 e. The first-order valence-electron chi connectivity index (χ1n) is 8.17. The van der Waals surface area contributed by atoms with Gasteiger partial charge in [0.15, 0.2) is 0 Å². The fraction of sp³-hybridized carbons (Fsp3) is 0.684. The molecular formula is C19H31N. The van der Waals surface area contributed by atoms with Crippen molar-refractivity contribution in [3.05, 3.63) is 35.4 Å². The largest absolute Gasteiger partial charge is 0.299 e. The summed E-state index contributed by atoms with van der Waals surface area (Å²) < 4.78 is 0. The third-order valence-corrected chi connectivity index (χ3v) is 4.86. The summed E-state index contributed by atoms with van der Waals surface area (Å²) >= 11 is 0. The fourth-order valence-electron chi connectivity index (χ4n) is 3.22. The molecule has 0 aliphatic carbocycles. The Labute approximate surface area is 125 Å². The zero-order valence-corrected chi connectivity index (χ0v) is 13.9. The summed E-state index contributed by atoms with van der Waals surface area (Å²) in [5, 5.41) is 0. The molecule has 112 valence electrons. The van der Waals surface area contributed by atoms with Gasteiger partial charge in [-0.2, -0.15) is 0 Å². The van der Waals surface area contributed by atoms with Gasteiger partial charge < -0.3 is 0 Å². The topological polar surface area (TPSA) is 3.24 Å². The van der Waals surface area contributed by atoms with Gasteiger partial charge in [0.05, 0.1) is 0 Å². The van der Waals surface area contributed by atoms with Gasteiger partial charge in [0.1, 0.15) is 0 Å². The van der Waals surface area contributed by atoms with E-state index >= 15 is 0 Å². The Morgan fingerprint density at radius 3 is 2.05 bits per heavy atom. The number of likely N-dealkylation sites (tertiary alicyclic amines) is 1. The van der Waals surface area contributed by atoms with Crippen LogP contribution >= 0.6 is 0 Å². The number of piperidine rings is 1. The van der Waals surface area contributed by atoms with E-state index in [1.165, 1.54) is 37.1 Å². The van der Waals surface area contributed by atoms with Gasteiger partial charge in [0, 0.05) is 6.54 Å². The highest BCUT2D eigenvalue weighted by molar-refractivity contribution is 5.24. The Morgan fingerprint density at radius 2 is 1.60 bits per heavy atom. The predicted molar refractivity (Wildman–Crippen MR) is 88.0 cm³/mol. The van der Waals surface area contributed by atoms with Crippen molar-refractivity contribution in [1.82, 2.24) is 4.90 Å². The minimum Gasteiger partial charge on any atom is -0.299 e. The Kier molecular flexibility index (Phi) is 4.90. The van der Waals surface area contributed by atoms with E-state index in [0.717, 1.165) is 12.5 Å². The van der Waals surface area contributed by atoms with Gasteiger partial charge in [-0.05, 0) is 54.3 Å². The second-order valence-corrected chi connectivity index (χ2v) is 7.81. The Bertz CT molecular complexity index is 402. The molecule has 0 saturated carbocycles. The van der Waals surface area contributed by atoms with Crippen molar-refractivity contribution in [3.63, 3.8) is 0 Å². The molecule has 0 unspecified atom stereocenters. The summed E-state index contributed by atoms with van der Waals surface area (Å²) in [6.45, 7) is 15.3. The van der Waals surface area contributed by atoms with Crippen LogP contribution in [0.15, 0.2) is 24.3 Å². The number of hydrogen-bond acceptors (Lipinski definition) is 1. The molecule has 20 heavy (non-hydrogen) atoms. The summed E-state index contributed by atoms with van der Waals surface area (Å²) in [7, 11) is 0. The molecule has 1 saturated heterocycles. The van der Waals surface area contributed by atoms with Gasteiger partial charge >= 0.3 is 0 Å².